The molecule has 0 saturated carbocycles. The van der Waals surface area contributed by atoms with Crippen molar-refractivity contribution in [1.29, 1.82) is 0 Å². The number of rotatable bonds is 2. The molecule has 2 amide bonds. The lowest BCUT2D eigenvalue weighted by atomic mass is 9.97. The molecule has 1 saturated heterocycles. The van der Waals surface area contributed by atoms with Gasteiger partial charge in [-0.25, -0.2) is 4.39 Å². The standard InChI is InChI=1S/C13H17FN4O2/c1-13(2)12(20)17-3-4-18(13)10-5-7(11(16)19)9(15)6-8(10)14/h5-6H,3-4,15H2,1-2H3,(H2,16,19)(H,17,20). The van der Waals surface area contributed by atoms with E-state index in [4.69, 9.17) is 11.5 Å². The van der Waals surface area contributed by atoms with Crippen LogP contribution in [0.25, 0.3) is 0 Å². The summed E-state index contributed by atoms with van der Waals surface area (Å²) in [5.74, 6) is -1.53. The van der Waals surface area contributed by atoms with E-state index >= 15 is 0 Å². The van der Waals surface area contributed by atoms with Gasteiger partial charge in [-0.1, -0.05) is 0 Å². The number of anilines is 2. The number of hydrogen-bond acceptors (Lipinski definition) is 4. The lowest BCUT2D eigenvalue weighted by Crippen LogP contribution is -2.62. The van der Waals surface area contributed by atoms with Crippen LogP contribution in [-0.4, -0.2) is 30.4 Å². The van der Waals surface area contributed by atoms with E-state index in [-0.39, 0.29) is 22.8 Å². The van der Waals surface area contributed by atoms with E-state index in [2.05, 4.69) is 5.32 Å². The van der Waals surface area contributed by atoms with Crippen molar-refractivity contribution >= 4 is 23.2 Å². The summed E-state index contributed by atoms with van der Waals surface area (Å²) in [5, 5.41) is 2.72. The number of nitrogens with two attached hydrogens (primary N) is 2. The quantitative estimate of drug-likeness (QED) is 0.674. The molecule has 0 radical (unpaired) electrons. The molecule has 0 aromatic heterocycles. The van der Waals surface area contributed by atoms with Crippen LogP contribution in [0, 0.1) is 5.82 Å². The Morgan fingerprint density at radius 3 is 2.70 bits per heavy atom. The Bertz CT molecular complexity index is 586. The highest BCUT2D eigenvalue weighted by atomic mass is 19.1. The Morgan fingerprint density at radius 2 is 2.10 bits per heavy atom. The predicted molar refractivity (Wildman–Crippen MR) is 73.8 cm³/mol. The third kappa shape index (κ3) is 2.15. The van der Waals surface area contributed by atoms with Crippen molar-refractivity contribution in [2.24, 2.45) is 5.73 Å². The number of halogens is 1. The first-order chi connectivity index (χ1) is 9.25. The molecule has 2 rings (SSSR count). The molecule has 108 valence electrons. The van der Waals surface area contributed by atoms with Gasteiger partial charge in [0.1, 0.15) is 11.4 Å². The summed E-state index contributed by atoms with van der Waals surface area (Å²) in [7, 11) is 0. The van der Waals surface area contributed by atoms with E-state index < -0.39 is 17.3 Å². The monoisotopic (exact) mass is 280 g/mol. The molecule has 0 spiro atoms. The second kappa shape index (κ2) is 4.66. The number of benzene rings is 1. The molecule has 1 aromatic rings. The van der Waals surface area contributed by atoms with E-state index in [1.807, 2.05) is 0 Å². The summed E-state index contributed by atoms with van der Waals surface area (Å²) in [6, 6.07) is 2.35. The van der Waals surface area contributed by atoms with Crippen molar-refractivity contribution in [2.75, 3.05) is 23.7 Å². The fourth-order valence-electron chi connectivity index (χ4n) is 2.32. The molecule has 0 unspecified atom stereocenters. The Balaban J connectivity index is 2.54. The summed E-state index contributed by atoms with van der Waals surface area (Å²) < 4.78 is 14.1. The van der Waals surface area contributed by atoms with Crippen LogP contribution >= 0.6 is 0 Å². The van der Waals surface area contributed by atoms with E-state index in [9.17, 15) is 14.0 Å². The summed E-state index contributed by atoms with van der Waals surface area (Å²) in [6.07, 6.45) is 0. The first-order valence-electron chi connectivity index (χ1n) is 6.20. The SMILES string of the molecule is CC1(C)C(=O)NCCN1c1cc(C(N)=O)c(N)cc1F. The van der Waals surface area contributed by atoms with Crippen molar-refractivity contribution in [3.05, 3.63) is 23.5 Å². The van der Waals surface area contributed by atoms with Crippen LogP contribution < -0.4 is 21.7 Å². The lowest BCUT2D eigenvalue weighted by molar-refractivity contribution is -0.126. The van der Waals surface area contributed by atoms with Crippen LogP contribution in [0.3, 0.4) is 0 Å². The summed E-state index contributed by atoms with van der Waals surface area (Å²) in [4.78, 5) is 24.8. The van der Waals surface area contributed by atoms with Crippen LogP contribution in [0.4, 0.5) is 15.8 Å². The van der Waals surface area contributed by atoms with E-state index in [1.165, 1.54) is 6.07 Å². The average molecular weight is 280 g/mol. The zero-order chi connectivity index (χ0) is 15.1. The van der Waals surface area contributed by atoms with Gasteiger partial charge in [0.05, 0.1) is 11.3 Å². The van der Waals surface area contributed by atoms with Gasteiger partial charge in [0.15, 0.2) is 0 Å². The van der Waals surface area contributed by atoms with E-state index in [0.717, 1.165) is 6.07 Å². The number of carbonyl (C=O) groups is 2. The summed E-state index contributed by atoms with van der Waals surface area (Å²) in [5.41, 5.74) is 10.0. The van der Waals surface area contributed by atoms with Crippen molar-refractivity contribution in [1.82, 2.24) is 5.32 Å². The van der Waals surface area contributed by atoms with Gasteiger partial charge in [0.25, 0.3) is 5.91 Å². The molecular weight excluding hydrogens is 263 g/mol. The first kappa shape index (κ1) is 14.1. The molecule has 0 bridgehead atoms. The van der Waals surface area contributed by atoms with Gasteiger partial charge in [-0.2, -0.15) is 0 Å². The van der Waals surface area contributed by atoms with Gasteiger partial charge < -0.3 is 21.7 Å². The third-order valence-electron chi connectivity index (χ3n) is 3.53. The van der Waals surface area contributed by atoms with Crippen LogP contribution in [0.5, 0.6) is 0 Å². The Morgan fingerprint density at radius 1 is 1.45 bits per heavy atom. The largest absolute Gasteiger partial charge is 0.398 e. The van der Waals surface area contributed by atoms with Gasteiger partial charge in [-0.05, 0) is 26.0 Å². The topological polar surface area (TPSA) is 101 Å². The van der Waals surface area contributed by atoms with Crippen LogP contribution in [0.15, 0.2) is 12.1 Å². The molecule has 1 heterocycles. The predicted octanol–water partition coefficient (Wildman–Crippen LogP) is 0.222. The second-order valence-corrected chi connectivity index (χ2v) is 5.22. The normalized spacial score (nSPS) is 17.8. The third-order valence-corrected chi connectivity index (χ3v) is 3.53. The van der Waals surface area contributed by atoms with Gasteiger partial charge in [-0.15, -0.1) is 0 Å². The molecular formula is C13H17FN4O2. The van der Waals surface area contributed by atoms with Crippen LogP contribution in [-0.2, 0) is 4.79 Å². The molecule has 6 nitrogen and oxygen atoms in total. The number of carbonyl (C=O) groups excluding carboxylic acids is 2. The number of nitrogens with zero attached hydrogens (tertiary/aromatic N) is 1. The lowest BCUT2D eigenvalue weighted by Gasteiger charge is -2.43. The molecule has 0 atom stereocenters. The maximum Gasteiger partial charge on any atom is 0.250 e. The zero-order valence-electron chi connectivity index (χ0n) is 11.4. The molecule has 0 aliphatic carbocycles. The molecule has 1 fully saturated rings. The summed E-state index contributed by atoms with van der Waals surface area (Å²) in [6.45, 7) is 4.19. The minimum atomic E-state index is -0.926. The average Bonchev–Trinajstić information content (AvgIpc) is 2.33. The number of nitrogen functional groups attached to an aromatic ring is 1. The van der Waals surface area contributed by atoms with Gasteiger partial charge in [0, 0.05) is 18.8 Å². The molecule has 5 N–H and O–H groups in total. The zero-order valence-corrected chi connectivity index (χ0v) is 11.4. The molecule has 20 heavy (non-hydrogen) atoms. The van der Waals surface area contributed by atoms with Gasteiger partial charge in [-0.3, -0.25) is 9.59 Å². The molecule has 1 aromatic carbocycles. The minimum absolute atomic E-state index is 0.0157. The maximum absolute atomic E-state index is 14.1. The maximum atomic E-state index is 14.1. The van der Waals surface area contributed by atoms with Gasteiger partial charge >= 0.3 is 0 Å². The highest BCUT2D eigenvalue weighted by molar-refractivity contribution is 5.99. The Hall–Kier alpha value is -2.31. The highest BCUT2D eigenvalue weighted by Crippen LogP contribution is 2.31. The van der Waals surface area contributed by atoms with Gasteiger partial charge in [0.2, 0.25) is 5.91 Å². The van der Waals surface area contributed by atoms with Crippen molar-refractivity contribution in [3.8, 4) is 0 Å². The van der Waals surface area contributed by atoms with E-state index in [0.29, 0.717) is 13.1 Å². The molecule has 1 aliphatic heterocycles. The number of amides is 2. The van der Waals surface area contributed by atoms with Crippen molar-refractivity contribution in [3.63, 3.8) is 0 Å². The Kier molecular flexibility index (Phi) is 3.29. The smallest absolute Gasteiger partial charge is 0.250 e. The highest BCUT2D eigenvalue weighted by Gasteiger charge is 2.39. The fraction of sp³-hybridized carbons (Fsp3) is 0.385. The minimum Gasteiger partial charge on any atom is -0.398 e. The van der Waals surface area contributed by atoms with Crippen molar-refractivity contribution < 1.29 is 14.0 Å². The second-order valence-electron chi connectivity index (χ2n) is 5.22. The number of primary amides is 1. The van der Waals surface area contributed by atoms with Crippen molar-refractivity contribution in [2.45, 2.75) is 19.4 Å². The molecule has 1 aliphatic rings. The van der Waals surface area contributed by atoms with Crippen LogP contribution in [0.1, 0.15) is 24.2 Å². The number of piperazine rings is 1. The summed E-state index contributed by atoms with van der Waals surface area (Å²) >= 11 is 0. The fourth-order valence-corrected chi connectivity index (χ4v) is 2.32. The van der Waals surface area contributed by atoms with Crippen LogP contribution in [0.2, 0.25) is 0 Å². The molecule has 7 heteroatoms. The number of hydrogen-bond donors (Lipinski definition) is 3. The Labute approximate surface area is 115 Å². The number of nitrogens with one attached hydrogen (secondary N) is 1. The van der Waals surface area contributed by atoms with E-state index in [1.54, 1.807) is 18.7 Å². The first-order valence-corrected chi connectivity index (χ1v) is 6.20.